The molecule has 1 heterocycles. The van der Waals surface area contributed by atoms with E-state index >= 15 is 0 Å². The first-order valence-corrected chi connectivity index (χ1v) is 3.31. The van der Waals surface area contributed by atoms with Crippen LogP contribution in [0, 0.1) is 12.3 Å². The highest BCUT2D eigenvalue weighted by Gasteiger charge is 1.95. The van der Waals surface area contributed by atoms with Gasteiger partial charge in [-0.25, -0.2) is 4.98 Å². The molecular weight excluding hydrogens is 138 g/mol. The maximum atomic E-state index is 5.16. The average Bonchev–Trinajstić information content (AvgIpc) is 2.06. The summed E-state index contributed by atoms with van der Waals surface area (Å²) >= 11 is 0. The van der Waals surface area contributed by atoms with Crippen LogP contribution in [-0.4, -0.2) is 16.0 Å². The van der Waals surface area contributed by atoms with Crippen molar-refractivity contribution < 1.29 is 0 Å². The quantitative estimate of drug-likeness (QED) is 0.632. The molecule has 0 aliphatic carbocycles. The van der Waals surface area contributed by atoms with E-state index in [1.165, 1.54) is 0 Å². The summed E-state index contributed by atoms with van der Waals surface area (Å²) in [5, 5.41) is 2.98. The molecular formula is C8H9N3. The standard InChI is InChI=1S/C8H9N3/c1-3-7(2)11-8-6-9-4-5-10-8/h1,4-7H,2H3,(H,10,11). The molecule has 1 rings (SSSR count). The summed E-state index contributed by atoms with van der Waals surface area (Å²) in [6.07, 6.45) is 10.0. The molecule has 0 saturated heterocycles. The summed E-state index contributed by atoms with van der Waals surface area (Å²) in [5.41, 5.74) is 0. The van der Waals surface area contributed by atoms with E-state index in [0.717, 1.165) is 0 Å². The number of hydrogen-bond donors (Lipinski definition) is 1. The maximum Gasteiger partial charge on any atom is 0.145 e. The van der Waals surface area contributed by atoms with Crippen LogP contribution < -0.4 is 5.32 Å². The van der Waals surface area contributed by atoms with Crippen LogP contribution in [0.4, 0.5) is 5.82 Å². The zero-order valence-electron chi connectivity index (χ0n) is 6.28. The number of nitrogens with zero attached hydrogens (tertiary/aromatic N) is 2. The van der Waals surface area contributed by atoms with Crippen LogP contribution in [0.3, 0.4) is 0 Å². The van der Waals surface area contributed by atoms with Crippen molar-refractivity contribution in [1.29, 1.82) is 0 Å². The van der Waals surface area contributed by atoms with Crippen molar-refractivity contribution in [1.82, 2.24) is 9.97 Å². The molecule has 3 nitrogen and oxygen atoms in total. The Morgan fingerprint density at radius 3 is 3.00 bits per heavy atom. The summed E-state index contributed by atoms with van der Waals surface area (Å²) in [4.78, 5) is 7.88. The van der Waals surface area contributed by atoms with E-state index in [1.54, 1.807) is 18.6 Å². The lowest BCUT2D eigenvalue weighted by atomic mass is 10.3. The van der Waals surface area contributed by atoms with Crippen LogP contribution in [0.25, 0.3) is 0 Å². The van der Waals surface area contributed by atoms with Crippen LogP contribution >= 0.6 is 0 Å². The highest BCUT2D eigenvalue weighted by atomic mass is 15.0. The van der Waals surface area contributed by atoms with Crippen LogP contribution in [0.1, 0.15) is 6.92 Å². The number of nitrogens with one attached hydrogen (secondary N) is 1. The van der Waals surface area contributed by atoms with Gasteiger partial charge in [0.1, 0.15) is 5.82 Å². The zero-order valence-corrected chi connectivity index (χ0v) is 6.28. The summed E-state index contributed by atoms with van der Waals surface area (Å²) < 4.78 is 0. The third-order valence-corrected chi connectivity index (χ3v) is 1.18. The van der Waals surface area contributed by atoms with Gasteiger partial charge < -0.3 is 5.32 Å². The molecule has 1 aromatic rings. The second-order valence-electron chi connectivity index (χ2n) is 2.12. The van der Waals surface area contributed by atoms with Crippen molar-refractivity contribution in [3.63, 3.8) is 0 Å². The molecule has 0 radical (unpaired) electrons. The Hall–Kier alpha value is -1.56. The highest BCUT2D eigenvalue weighted by molar-refractivity contribution is 5.33. The number of anilines is 1. The molecule has 11 heavy (non-hydrogen) atoms. The third-order valence-electron chi connectivity index (χ3n) is 1.18. The maximum absolute atomic E-state index is 5.16. The minimum absolute atomic E-state index is 0.00769. The highest BCUT2D eigenvalue weighted by Crippen LogP contribution is 1.98. The van der Waals surface area contributed by atoms with Gasteiger partial charge in [-0.3, -0.25) is 4.98 Å². The Morgan fingerprint density at radius 1 is 1.64 bits per heavy atom. The fraction of sp³-hybridized carbons (Fsp3) is 0.250. The average molecular weight is 147 g/mol. The van der Waals surface area contributed by atoms with Gasteiger partial charge in [0.15, 0.2) is 0 Å². The lowest BCUT2D eigenvalue weighted by Crippen LogP contribution is -2.12. The Bertz CT molecular complexity index is 250. The molecule has 0 fully saturated rings. The molecule has 0 aliphatic rings. The van der Waals surface area contributed by atoms with Gasteiger partial charge in [-0.2, -0.15) is 0 Å². The molecule has 56 valence electrons. The van der Waals surface area contributed by atoms with E-state index in [1.807, 2.05) is 6.92 Å². The first kappa shape index (κ1) is 7.55. The molecule has 0 bridgehead atoms. The predicted octanol–water partition coefficient (Wildman–Crippen LogP) is 0.910. The van der Waals surface area contributed by atoms with E-state index in [9.17, 15) is 0 Å². The van der Waals surface area contributed by atoms with Crippen molar-refractivity contribution in [2.24, 2.45) is 0 Å². The van der Waals surface area contributed by atoms with Gasteiger partial charge in [-0.05, 0) is 6.92 Å². The van der Waals surface area contributed by atoms with Gasteiger partial charge in [-0.1, -0.05) is 5.92 Å². The van der Waals surface area contributed by atoms with E-state index in [2.05, 4.69) is 21.2 Å². The van der Waals surface area contributed by atoms with Gasteiger partial charge in [0.05, 0.1) is 12.2 Å². The zero-order chi connectivity index (χ0) is 8.10. The summed E-state index contributed by atoms with van der Waals surface area (Å²) in [6.45, 7) is 1.88. The van der Waals surface area contributed by atoms with E-state index in [-0.39, 0.29) is 6.04 Å². The second kappa shape index (κ2) is 3.57. The molecule has 0 saturated carbocycles. The summed E-state index contributed by atoms with van der Waals surface area (Å²) in [6, 6.07) is -0.00769. The minimum Gasteiger partial charge on any atom is -0.355 e. The number of rotatable bonds is 2. The monoisotopic (exact) mass is 147 g/mol. The Morgan fingerprint density at radius 2 is 2.45 bits per heavy atom. The van der Waals surface area contributed by atoms with Crippen molar-refractivity contribution >= 4 is 5.82 Å². The van der Waals surface area contributed by atoms with Crippen LogP contribution in [0.2, 0.25) is 0 Å². The molecule has 0 spiro atoms. The molecule has 0 aromatic carbocycles. The number of hydrogen-bond acceptors (Lipinski definition) is 3. The van der Waals surface area contributed by atoms with E-state index in [0.29, 0.717) is 5.82 Å². The van der Waals surface area contributed by atoms with E-state index in [4.69, 9.17) is 6.42 Å². The van der Waals surface area contributed by atoms with Crippen LogP contribution in [0.15, 0.2) is 18.6 Å². The molecule has 0 aliphatic heterocycles. The van der Waals surface area contributed by atoms with Gasteiger partial charge in [0.25, 0.3) is 0 Å². The van der Waals surface area contributed by atoms with Crippen molar-refractivity contribution in [2.75, 3.05) is 5.32 Å². The van der Waals surface area contributed by atoms with Crippen molar-refractivity contribution in [3.05, 3.63) is 18.6 Å². The Kier molecular flexibility index (Phi) is 2.45. The van der Waals surface area contributed by atoms with E-state index < -0.39 is 0 Å². The van der Waals surface area contributed by atoms with Gasteiger partial charge in [0.2, 0.25) is 0 Å². The molecule has 0 amide bonds. The van der Waals surface area contributed by atoms with Crippen LogP contribution in [0.5, 0.6) is 0 Å². The fourth-order valence-electron chi connectivity index (χ4n) is 0.637. The molecule has 1 atom stereocenters. The van der Waals surface area contributed by atoms with Crippen molar-refractivity contribution in [2.45, 2.75) is 13.0 Å². The van der Waals surface area contributed by atoms with Crippen molar-refractivity contribution in [3.8, 4) is 12.3 Å². The minimum atomic E-state index is -0.00769. The third kappa shape index (κ3) is 2.26. The molecule has 1 aromatic heterocycles. The molecule has 3 heteroatoms. The summed E-state index contributed by atoms with van der Waals surface area (Å²) in [7, 11) is 0. The lowest BCUT2D eigenvalue weighted by Gasteiger charge is -2.05. The first-order valence-electron chi connectivity index (χ1n) is 3.31. The topological polar surface area (TPSA) is 37.8 Å². The normalized spacial score (nSPS) is 11.6. The predicted molar refractivity (Wildman–Crippen MR) is 43.9 cm³/mol. The fourth-order valence-corrected chi connectivity index (χ4v) is 0.637. The number of aromatic nitrogens is 2. The Balaban J connectivity index is 2.60. The molecule has 1 N–H and O–H groups in total. The Labute approximate surface area is 65.9 Å². The van der Waals surface area contributed by atoms with Gasteiger partial charge in [-0.15, -0.1) is 6.42 Å². The van der Waals surface area contributed by atoms with Gasteiger partial charge in [0, 0.05) is 12.4 Å². The molecule has 1 unspecified atom stereocenters. The van der Waals surface area contributed by atoms with Gasteiger partial charge >= 0.3 is 0 Å². The summed E-state index contributed by atoms with van der Waals surface area (Å²) in [5.74, 6) is 3.24. The second-order valence-corrected chi connectivity index (χ2v) is 2.12. The largest absolute Gasteiger partial charge is 0.355 e. The van der Waals surface area contributed by atoms with Crippen LogP contribution in [-0.2, 0) is 0 Å². The smallest absolute Gasteiger partial charge is 0.145 e. The first-order chi connectivity index (χ1) is 5.33. The SMILES string of the molecule is C#CC(C)Nc1cnccn1. The number of terminal acetylenes is 1. The lowest BCUT2D eigenvalue weighted by molar-refractivity contribution is 1.00.